The minimum absolute atomic E-state index is 0.253. The Labute approximate surface area is 128 Å². The molecule has 0 spiro atoms. The first-order valence-corrected chi connectivity index (χ1v) is 7.51. The van der Waals surface area contributed by atoms with Crippen molar-refractivity contribution in [1.82, 2.24) is 0 Å². The molecule has 20 heavy (non-hydrogen) atoms. The summed E-state index contributed by atoms with van der Waals surface area (Å²) >= 11 is 3.32. The third-order valence-electron chi connectivity index (χ3n) is 2.93. The molecule has 0 bridgehead atoms. The first-order chi connectivity index (χ1) is 9.41. The van der Waals surface area contributed by atoms with Crippen LogP contribution in [0, 0.1) is 12.8 Å². The molecule has 5 heteroatoms. The Morgan fingerprint density at radius 3 is 2.65 bits per heavy atom. The minimum Gasteiger partial charge on any atom is -0.460 e. The van der Waals surface area contributed by atoms with Crippen LogP contribution in [0.15, 0.2) is 16.6 Å². The zero-order chi connectivity index (χ0) is 15.1. The molecule has 1 aromatic rings. The molecule has 112 valence electrons. The summed E-state index contributed by atoms with van der Waals surface area (Å²) < 4.78 is 11.3. The Balaban J connectivity index is 2.40. The average Bonchev–Trinajstić information content (AvgIpc) is 2.37. The number of nitrogen functional groups attached to an aromatic ring is 1. The molecule has 0 radical (unpaired) electrons. The molecule has 0 aromatic heterocycles. The third kappa shape index (κ3) is 5.51. The van der Waals surface area contributed by atoms with E-state index in [9.17, 15) is 4.79 Å². The summed E-state index contributed by atoms with van der Waals surface area (Å²) in [5.41, 5.74) is 7.61. The molecule has 0 amide bonds. The molecule has 4 nitrogen and oxygen atoms in total. The van der Waals surface area contributed by atoms with Crippen molar-refractivity contribution in [1.29, 1.82) is 0 Å². The average molecular weight is 344 g/mol. The highest BCUT2D eigenvalue weighted by molar-refractivity contribution is 9.10. The van der Waals surface area contributed by atoms with E-state index in [1.165, 1.54) is 0 Å². The predicted octanol–water partition coefficient (Wildman–Crippen LogP) is 3.56. The second-order valence-corrected chi connectivity index (χ2v) is 6.01. The lowest BCUT2D eigenvalue weighted by Gasteiger charge is -2.10. The van der Waals surface area contributed by atoms with Crippen LogP contribution < -0.4 is 5.73 Å². The van der Waals surface area contributed by atoms with Crippen LogP contribution in [0.25, 0.3) is 0 Å². The SMILES string of the molecule is Cc1c(N)cc(Br)cc1C(=O)OCCOCCC(C)C. The lowest BCUT2D eigenvalue weighted by atomic mass is 10.1. The van der Waals surface area contributed by atoms with Crippen molar-refractivity contribution in [2.75, 3.05) is 25.6 Å². The lowest BCUT2D eigenvalue weighted by Crippen LogP contribution is -2.13. The fraction of sp³-hybridized carbons (Fsp3) is 0.533. The molecule has 0 aliphatic rings. The lowest BCUT2D eigenvalue weighted by molar-refractivity contribution is 0.0302. The smallest absolute Gasteiger partial charge is 0.338 e. The Morgan fingerprint density at radius 1 is 1.30 bits per heavy atom. The van der Waals surface area contributed by atoms with Crippen LogP contribution in [0.4, 0.5) is 5.69 Å². The van der Waals surface area contributed by atoms with Crippen molar-refractivity contribution in [2.45, 2.75) is 27.2 Å². The third-order valence-corrected chi connectivity index (χ3v) is 3.39. The van der Waals surface area contributed by atoms with Crippen LogP contribution in [0.1, 0.15) is 36.2 Å². The minimum atomic E-state index is -0.372. The van der Waals surface area contributed by atoms with Crippen LogP contribution in [0.2, 0.25) is 0 Å². The van der Waals surface area contributed by atoms with Gasteiger partial charge < -0.3 is 15.2 Å². The molecule has 0 atom stereocenters. The van der Waals surface area contributed by atoms with E-state index in [2.05, 4.69) is 29.8 Å². The molecule has 0 aliphatic carbocycles. The van der Waals surface area contributed by atoms with Gasteiger partial charge in [0.1, 0.15) is 6.61 Å². The molecule has 0 saturated carbocycles. The zero-order valence-corrected chi connectivity index (χ0v) is 13.8. The normalized spacial score (nSPS) is 10.8. The topological polar surface area (TPSA) is 61.6 Å². The van der Waals surface area contributed by atoms with E-state index < -0.39 is 0 Å². The second kappa shape index (κ2) is 8.27. The molecule has 2 N–H and O–H groups in total. The molecule has 0 saturated heterocycles. The number of carbonyl (C=O) groups is 1. The Kier molecular flexibility index (Phi) is 7.02. The van der Waals surface area contributed by atoms with Gasteiger partial charge in [0, 0.05) is 16.8 Å². The van der Waals surface area contributed by atoms with Gasteiger partial charge in [-0.05, 0) is 37.0 Å². The number of benzene rings is 1. The Bertz CT molecular complexity index is 461. The number of esters is 1. The molecular weight excluding hydrogens is 322 g/mol. The summed E-state index contributed by atoms with van der Waals surface area (Å²) in [6.07, 6.45) is 1.01. The van der Waals surface area contributed by atoms with Crippen molar-refractivity contribution in [3.63, 3.8) is 0 Å². The second-order valence-electron chi connectivity index (χ2n) is 5.10. The molecule has 1 rings (SSSR count). The van der Waals surface area contributed by atoms with E-state index in [0.29, 0.717) is 30.4 Å². The summed E-state index contributed by atoms with van der Waals surface area (Å²) in [6, 6.07) is 3.48. The van der Waals surface area contributed by atoms with Crippen LogP contribution in [-0.2, 0) is 9.47 Å². The van der Waals surface area contributed by atoms with Crippen molar-refractivity contribution in [3.05, 3.63) is 27.7 Å². The van der Waals surface area contributed by atoms with Crippen LogP contribution in [0.3, 0.4) is 0 Å². The van der Waals surface area contributed by atoms with E-state index in [1.54, 1.807) is 19.1 Å². The van der Waals surface area contributed by atoms with Crippen molar-refractivity contribution < 1.29 is 14.3 Å². The van der Waals surface area contributed by atoms with Gasteiger partial charge in [0.25, 0.3) is 0 Å². The van der Waals surface area contributed by atoms with E-state index in [-0.39, 0.29) is 12.6 Å². The maximum atomic E-state index is 12.0. The summed E-state index contributed by atoms with van der Waals surface area (Å²) in [5, 5.41) is 0. The fourth-order valence-corrected chi connectivity index (χ4v) is 2.08. The van der Waals surface area contributed by atoms with Crippen molar-refractivity contribution >= 4 is 27.6 Å². The van der Waals surface area contributed by atoms with Gasteiger partial charge >= 0.3 is 5.97 Å². The molecule has 1 aromatic carbocycles. The molecule has 0 heterocycles. The maximum Gasteiger partial charge on any atom is 0.338 e. The summed E-state index contributed by atoms with van der Waals surface area (Å²) in [5.74, 6) is 0.243. The van der Waals surface area contributed by atoms with Crippen molar-refractivity contribution in [2.24, 2.45) is 5.92 Å². The van der Waals surface area contributed by atoms with Crippen LogP contribution in [-0.4, -0.2) is 25.8 Å². The van der Waals surface area contributed by atoms with E-state index in [0.717, 1.165) is 16.5 Å². The number of ether oxygens (including phenoxy) is 2. The van der Waals surface area contributed by atoms with E-state index in [4.69, 9.17) is 15.2 Å². The largest absolute Gasteiger partial charge is 0.460 e. The van der Waals surface area contributed by atoms with Crippen molar-refractivity contribution in [3.8, 4) is 0 Å². The van der Waals surface area contributed by atoms with Crippen LogP contribution >= 0.6 is 15.9 Å². The number of nitrogens with two attached hydrogens (primary N) is 1. The monoisotopic (exact) mass is 343 g/mol. The van der Waals surface area contributed by atoms with Gasteiger partial charge in [0.15, 0.2) is 0 Å². The van der Waals surface area contributed by atoms with Gasteiger partial charge in [-0.3, -0.25) is 0 Å². The molecule has 0 fully saturated rings. The number of hydrogen-bond donors (Lipinski definition) is 1. The first kappa shape index (κ1) is 17.0. The Hall–Kier alpha value is -1.07. The fourth-order valence-electron chi connectivity index (χ4n) is 1.60. The van der Waals surface area contributed by atoms with Gasteiger partial charge in [-0.25, -0.2) is 4.79 Å². The number of rotatable bonds is 7. The maximum absolute atomic E-state index is 12.0. The summed E-state index contributed by atoms with van der Waals surface area (Å²) in [4.78, 5) is 12.0. The number of carbonyl (C=O) groups excluding carboxylic acids is 1. The van der Waals surface area contributed by atoms with Gasteiger partial charge in [0.05, 0.1) is 12.2 Å². The molecular formula is C15H22BrNO3. The standard InChI is InChI=1S/C15H22BrNO3/c1-10(2)4-5-19-6-7-20-15(18)13-8-12(16)9-14(17)11(13)3/h8-10H,4-7,17H2,1-3H3. The molecule has 0 unspecified atom stereocenters. The summed E-state index contributed by atoms with van der Waals surface area (Å²) in [7, 11) is 0. The highest BCUT2D eigenvalue weighted by atomic mass is 79.9. The van der Waals surface area contributed by atoms with Gasteiger partial charge in [-0.15, -0.1) is 0 Å². The van der Waals surface area contributed by atoms with Gasteiger partial charge in [-0.1, -0.05) is 29.8 Å². The quantitative estimate of drug-likeness (QED) is 0.467. The van der Waals surface area contributed by atoms with E-state index >= 15 is 0 Å². The van der Waals surface area contributed by atoms with E-state index in [1.807, 2.05) is 0 Å². The van der Waals surface area contributed by atoms with Gasteiger partial charge in [-0.2, -0.15) is 0 Å². The van der Waals surface area contributed by atoms with Gasteiger partial charge in [0.2, 0.25) is 0 Å². The highest BCUT2D eigenvalue weighted by Gasteiger charge is 2.13. The first-order valence-electron chi connectivity index (χ1n) is 6.72. The zero-order valence-electron chi connectivity index (χ0n) is 12.2. The van der Waals surface area contributed by atoms with Crippen LogP contribution in [0.5, 0.6) is 0 Å². The highest BCUT2D eigenvalue weighted by Crippen LogP contribution is 2.23. The molecule has 0 aliphatic heterocycles. The number of hydrogen-bond acceptors (Lipinski definition) is 4. The number of halogens is 1. The summed E-state index contributed by atoms with van der Waals surface area (Å²) in [6.45, 7) is 7.45. The number of anilines is 1. The Morgan fingerprint density at radius 2 is 2.00 bits per heavy atom. The predicted molar refractivity (Wildman–Crippen MR) is 83.8 cm³/mol.